The molecule has 2 N–H and O–H groups in total. The van der Waals surface area contributed by atoms with E-state index in [-0.39, 0.29) is 0 Å². The molecule has 3 rings (SSSR count). The Morgan fingerprint density at radius 3 is 2.41 bits per heavy atom. The van der Waals surface area contributed by atoms with Gasteiger partial charge < -0.3 is 10.0 Å². The molecule has 86 valence electrons. The molecule has 2 aromatic rings. The molecule has 0 atom stereocenters. The second-order valence-electron chi connectivity index (χ2n) is 4.72. The van der Waals surface area contributed by atoms with Crippen LogP contribution in [0, 0.1) is 0 Å². The molecule has 0 heterocycles. The van der Waals surface area contributed by atoms with Crippen LogP contribution in [0.3, 0.4) is 0 Å². The van der Waals surface area contributed by atoms with Crippen LogP contribution in [0.2, 0.25) is 0 Å². The lowest BCUT2D eigenvalue weighted by Gasteiger charge is -2.21. The highest BCUT2D eigenvalue weighted by Crippen LogP contribution is 2.27. The minimum Gasteiger partial charge on any atom is -0.423 e. The van der Waals surface area contributed by atoms with E-state index in [4.69, 9.17) is 0 Å². The zero-order chi connectivity index (χ0) is 11.8. The third-order valence-electron chi connectivity index (χ3n) is 3.69. The van der Waals surface area contributed by atoms with Gasteiger partial charge in [-0.1, -0.05) is 30.3 Å². The molecule has 0 amide bonds. The molecule has 0 aliphatic heterocycles. The predicted octanol–water partition coefficient (Wildman–Crippen LogP) is 1.40. The molecule has 3 heteroatoms. The van der Waals surface area contributed by atoms with Crippen LogP contribution in [0.15, 0.2) is 30.3 Å². The first-order valence-corrected chi connectivity index (χ1v) is 6.17. The van der Waals surface area contributed by atoms with Crippen LogP contribution in [0.5, 0.6) is 0 Å². The van der Waals surface area contributed by atoms with E-state index < -0.39 is 7.12 Å². The van der Waals surface area contributed by atoms with E-state index in [1.807, 2.05) is 24.3 Å². The van der Waals surface area contributed by atoms with Crippen LogP contribution < -0.4 is 5.46 Å². The van der Waals surface area contributed by atoms with Crippen LogP contribution >= 0.6 is 0 Å². The van der Waals surface area contributed by atoms with E-state index >= 15 is 0 Å². The number of fused-ring (bicyclic) bond motifs is 3. The zero-order valence-electron chi connectivity index (χ0n) is 9.69. The summed E-state index contributed by atoms with van der Waals surface area (Å²) >= 11 is 0. The molecule has 0 bridgehead atoms. The third kappa shape index (κ3) is 1.76. The molecular weight excluding hydrogens is 211 g/mol. The summed E-state index contributed by atoms with van der Waals surface area (Å²) in [6.07, 6.45) is 4.36. The molecule has 0 fully saturated rings. The fourth-order valence-corrected chi connectivity index (χ4v) is 2.90. The second kappa shape index (κ2) is 4.17. The SMILES string of the molecule is OB(O)c1cc2ccccc2c2c1CCCC2. The Balaban J connectivity index is 2.35. The van der Waals surface area contributed by atoms with Crippen LogP contribution in [0.25, 0.3) is 10.8 Å². The number of rotatable bonds is 1. The Labute approximate surface area is 101 Å². The van der Waals surface area contributed by atoms with Gasteiger partial charge in [-0.05, 0) is 53.0 Å². The van der Waals surface area contributed by atoms with Crippen molar-refractivity contribution >= 4 is 23.4 Å². The summed E-state index contributed by atoms with van der Waals surface area (Å²) in [5.41, 5.74) is 3.17. The van der Waals surface area contributed by atoms with E-state index in [1.165, 1.54) is 17.4 Å². The van der Waals surface area contributed by atoms with Gasteiger partial charge in [-0.3, -0.25) is 0 Å². The number of aryl methyl sites for hydroxylation is 1. The number of hydrogen-bond acceptors (Lipinski definition) is 2. The molecule has 0 unspecified atom stereocenters. The zero-order valence-corrected chi connectivity index (χ0v) is 9.69. The quantitative estimate of drug-likeness (QED) is 0.721. The average molecular weight is 226 g/mol. The van der Waals surface area contributed by atoms with Gasteiger partial charge in [0.05, 0.1) is 0 Å². The fraction of sp³-hybridized carbons (Fsp3) is 0.286. The number of benzene rings is 2. The molecule has 0 spiro atoms. The van der Waals surface area contributed by atoms with E-state index in [9.17, 15) is 10.0 Å². The minimum absolute atomic E-state index is 0.693. The topological polar surface area (TPSA) is 40.5 Å². The predicted molar refractivity (Wildman–Crippen MR) is 70.4 cm³/mol. The van der Waals surface area contributed by atoms with Crippen LogP contribution in [0.1, 0.15) is 24.0 Å². The van der Waals surface area contributed by atoms with Crippen molar-refractivity contribution < 1.29 is 10.0 Å². The van der Waals surface area contributed by atoms with Crippen molar-refractivity contribution in [1.29, 1.82) is 0 Å². The average Bonchev–Trinajstić information content (AvgIpc) is 2.37. The van der Waals surface area contributed by atoms with Gasteiger partial charge in [0.1, 0.15) is 0 Å². The summed E-state index contributed by atoms with van der Waals surface area (Å²) in [6, 6.07) is 10.1. The Hall–Kier alpha value is -1.32. The van der Waals surface area contributed by atoms with Crippen molar-refractivity contribution in [2.24, 2.45) is 0 Å². The van der Waals surface area contributed by atoms with Crippen molar-refractivity contribution in [3.05, 3.63) is 41.5 Å². The standard InChI is InChI=1S/C14H15BO2/c16-15(17)14-9-10-5-1-2-6-11(10)12-7-3-4-8-13(12)14/h1-2,5-6,9,16-17H,3-4,7-8H2. The van der Waals surface area contributed by atoms with Crippen molar-refractivity contribution in [1.82, 2.24) is 0 Å². The van der Waals surface area contributed by atoms with E-state index in [2.05, 4.69) is 6.07 Å². The normalized spacial score (nSPS) is 14.7. The van der Waals surface area contributed by atoms with Crippen molar-refractivity contribution in [2.45, 2.75) is 25.7 Å². The summed E-state index contributed by atoms with van der Waals surface area (Å²) in [4.78, 5) is 0. The molecule has 0 saturated carbocycles. The Morgan fingerprint density at radius 2 is 1.65 bits per heavy atom. The first-order valence-electron chi connectivity index (χ1n) is 6.17. The smallest absolute Gasteiger partial charge is 0.423 e. The van der Waals surface area contributed by atoms with Gasteiger partial charge in [0, 0.05) is 0 Å². The van der Waals surface area contributed by atoms with Crippen molar-refractivity contribution in [3.8, 4) is 0 Å². The van der Waals surface area contributed by atoms with Crippen LogP contribution in [0.4, 0.5) is 0 Å². The lowest BCUT2D eigenvalue weighted by atomic mass is 9.71. The maximum atomic E-state index is 9.49. The molecule has 1 aliphatic rings. The number of hydrogen-bond donors (Lipinski definition) is 2. The van der Waals surface area contributed by atoms with E-state index in [0.717, 1.165) is 30.2 Å². The molecule has 0 radical (unpaired) electrons. The highest BCUT2D eigenvalue weighted by Gasteiger charge is 2.22. The molecular formula is C14H15BO2. The van der Waals surface area contributed by atoms with Crippen molar-refractivity contribution in [3.63, 3.8) is 0 Å². The maximum absolute atomic E-state index is 9.49. The molecule has 2 nitrogen and oxygen atoms in total. The molecule has 0 saturated heterocycles. The van der Waals surface area contributed by atoms with Crippen LogP contribution in [-0.2, 0) is 12.8 Å². The third-order valence-corrected chi connectivity index (χ3v) is 3.69. The fourth-order valence-electron chi connectivity index (χ4n) is 2.90. The van der Waals surface area contributed by atoms with Gasteiger partial charge in [-0.15, -0.1) is 0 Å². The van der Waals surface area contributed by atoms with Gasteiger partial charge in [-0.25, -0.2) is 0 Å². The monoisotopic (exact) mass is 226 g/mol. The Kier molecular flexibility index (Phi) is 2.65. The molecule has 2 aromatic carbocycles. The van der Waals surface area contributed by atoms with Gasteiger partial charge >= 0.3 is 7.12 Å². The van der Waals surface area contributed by atoms with E-state index in [0.29, 0.717) is 5.46 Å². The Morgan fingerprint density at radius 1 is 0.941 bits per heavy atom. The first kappa shape index (κ1) is 10.8. The molecule has 0 aromatic heterocycles. The van der Waals surface area contributed by atoms with Crippen molar-refractivity contribution in [2.75, 3.05) is 0 Å². The summed E-state index contributed by atoms with van der Waals surface area (Å²) < 4.78 is 0. The molecule has 1 aliphatic carbocycles. The van der Waals surface area contributed by atoms with Crippen LogP contribution in [-0.4, -0.2) is 17.2 Å². The lowest BCUT2D eigenvalue weighted by molar-refractivity contribution is 0.425. The first-order chi connectivity index (χ1) is 8.27. The summed E-state index contributed by atoms with van der Waals surface area (Å²) in [5.74, 6) is 0. The maximum Gasteiger partial charge on any atom is 0.488 e. The summed E-state index contributed by atoms with van der Waals surface area (Å²) in [7, 11) is -1.36. The Bertz CT molecular complexity index is 563. The highest BCUT2D eigenvalue weighted by molar-refractivity contribution is 6.59. The molecule has 17 heavy (non-hydrogen) atoms. The minimum atomic E-state index is -1.36. The summed E-state index contributed by atoms with van der Waals surface area (Å²) in [6.45, 7) is 0. The van der Waals surface area contributed by atoms with Gasteiger partial charge in [0.2, 0.25) is 0 Å². The lowest BCUT2D eigenvalue weighted by Crippen LogP contribution is -2.35. The van der Waals surface area contributed by atoms with Gasteiger partial charge in [0.15, 0.2) is 0 Å². The van der Waals surface area contributed by atoms with E-state index in [1.54, 1.807) is 0 Å². The van der Waals surface area contributed by atoms with Gasteiger partial charge in [-0.2, -0.15) is 0 Å². The summed E-state index contributed by atoms with van der Waals surface area (Å²) in [5, 5.41) is 21.4. The largest absolute Gasteiger partial charge is 0.488 e. The highest BCUT2D eigenvalue weighted by atomic mass is 16.4. The van der Waals surface area contributed by atoms with Gasteiger partial charge in [0.25, 0.3) is 0 Å². The second-order valence-corrected chi connectivity index (χ2v) is 4.72.